The molecule has 2 aromatic rings. The Kier molecular flexibility index (Phi) is 4.34. The lowest BCUT2D eigenvalue weighted by atomic mass is 10.0. The Morgan fingerprint density at radius 2 is 2.00 bits per heavy atom. The third-order valence-corrected chi connectivity index (χ3v) is 4.24. The van der Waals surface area contributed by atoms with E-state index in [1.165, 1.54) is 12.3 Å². The second-order valence-corrected chi connectivity index (χ2v) is 5.98. The second kappa shape index (κ2) is 5.99. The molecule has 0 aliphatic carbocycles. The first-order chi connectivity index (χ1) is 9.13. The van der Waals surface area contributed by atoms with Gasteiger partial charge in [-0.1, -0.05) is 43.7 Å². The second-order valence-electron chi connectivity index (χ2n) is 4.29. The van der Waals surface area contributed by atoms with Crippen LogP contribution in [0.3, 0.4) is 0 Å². The van der Waals surface area contributed by atoms with Gasteiger partial charge in [0.05, 0.1) is 6.20 Å². The summed E-state index contributed by atoms with van der Waals surface area (Å²) >= 11 is 0. The number of H-pyrrole nitrogens is 1. The van der Waals surface area contributed by atoms with Crippen LogP contribution >= 0.6 is 0 Å². The molecule has 1 heterocycles. The van der Waals surface area contributed by atoms with Crippen LogP contribution in [0.2, 0.25) is 0 Å². The molecule has 6 heteroatoms. The normalized spacial score (nSPS) is 13.3. The van der Waals surface area contributed by atoms with Crippen LogP contribution in [0, 0.1) is 0 Å². The van der Waals surface area contributed by atoms with Crippen LogP contribution in [0.15, 0.2) is 47.6 Å². The zero-order valence-electron chi connectivity index (χ0n) is 10.7. The molecule has 5 nitrogen and oxygen atoms in total. The number of aromatic nitrogens is 2. The van der Waals surface area contributed by atoms with Gasteiger partial charge < -0.3 is 0 Å². The van der Waals surface area contributed by atoms with Crippen molar-refractivity contribution in [3.63, 3.8) is 0 Å². The fourth-order valence-corrected chi connectivity index (χ4v) is 3.08. The minimum Gasteiger partial charge on any atom is -0.266 e. The van der Waals surface area contributed by atoms with Crippen molar-refractivity contribution >= 4 is 10.0 Å². The highest BCUT2D eigenvalue weighted by Gasteiger charge is 2.21. The smallest absolute Gasteiger partial charge is 0.258 e. The topological polar surface area (TPSA) is 74.8 Å². The molecule has 0 aliphatic heterocycles. The molecule has 0 radical (unpaired) electrons. The van der Waals surface area contributed by atoms with Gasteiger partial charge in [0.1, 0.15) is 0 Å². The van der Waals surface area contributed by atoms with E-state index in [9.17, 15) is 8.42 Å². The number of benzene rings is 1. The number of hydrogen-bond acceptors (Lipinski definition) is 3. The maximum absolute atomic E-state index is 12.2. The van der Waals surface area contributed by atoms with E-state index in [1.54, 1.807) is 0 Å². The minimum absolute atomic E-state index is 0.0875. The van der Waals surface area contributed by atoms with E-state index in [0.717, 1.165) is 18.4 Å². The average molecular weight is 279 g/mol. The van der Waals surface area contributed by atoms with Crippen molar-refractivity contribution in [2.75, 3.05) is 0 Å². The van der Waals surface area contributed by atoms with Gasteiger partial charge in [0.2, 0.25) is 0 Å². The highest BCUT2D eigenvalue weighted by Crippen LogP contribution is 2.20. The summed E-state index contributed by atoms with van der Waals surface area (Å²) in [5, 5.41) is 6.23. The minimum atomic E-state index is -3.55. The highest BCUT2D eigenvalue weighted by atomic mass is 32.2. The molecular formula is C13H17N3O2S. The van der Waals surface area contributed by atoms with Gasteiger partial charge in [-0.3, -0.25) is 5.10 Å². The van der Waals surface area contributed by atoms with E-state index in [1.807, 2.05) is 37.3 Å². The van der Waals surface area contributed by atoms with E-state index in [2.05, 4.69) is 14.9 Å². The molecule has 0 aliphatic rings. The summed E-state index contributed by atoms with van der Waals surface area (Å²) in [5.41, 5.74) is 0.965. The molecule has 0 bridgehead atoms. The molecule has 19 heavy (non-hydrogen) atoms. The summed E-state index contributed by atoms with van der Waals surface area (Å²) in [6.45, 7) is 2.03. The Balaban J connectivity index is 2.23. The third kappa shape index (κ3) is 3.42. The van der Waals surface area contributed by atoms with Gasteiger partial charge in [0.15, 0.2) is 5.03 Å². The lowest BCUT2D eigenvalue weighted by molar-refractivity contribution is 0.533. The molecule has 1 atom stereocenters. The lowest BCUT2D eigenvalue weighted by Crippen LogP contribution is -2.29. The third-order valence-electron chi connectivity index (χ3n) is 2.84. The molecule has 0 saturated carbocycles. The quantitative estimate of drug-likeness (QED) is 0.851. The highest BCUT2D eigenvalue weighted by molar-refractivity contribution is 7.89. The van der Waals surface area contributed by atoms with Gasteiger partial charge in [0, 0.05) is 6.04 Å². The van der Waals surface area contributed by atoms with E-state index in [0.29, 0.717) is 0 Å². The number of nitrogens with one attached hydrogen (secondary N) is 2. The number of hydrogen-bond donors (Lipinski definition) is 2. The molecule has 0 amide bonds. The van der Waals surface area contributed by atoms with E-state index in [-0.39, 0.29) is 11.1 Å². The summed E-state index contributed by atoms with van der Waals surface area (Å²) in [7, 11) is -3.55. The van der Waals surface area contributed by atoms with Gasteiger partial charge in [-0.25, -0.2) is 13.1 Å². The summed E-state index contributed by atoms with van der Waals surface area (Å²) in [6, 6.07) is 10.8. The molecule has 2 rings (SSSR count). The Morgan fingerprint density at radius 3 is 2.58 bits per heavy atom. The molecule has 1 unspecified atom stereocenters. The predicted octanol–water partition coefficient (Wildman–Crippen LogP) is 2.23. The summed E-state index contributed by atoms with van der Waals surface area (Å²) < 4.78 is 27.1. The molecule has 0 saturated heterocycles. The van der Waals surface area contributed by atoms with Gasteiger partial charge >= 0.3 is 0 Å². The Morgan fingerprint density at radius 1 is 1.26 bits per heavy atom. The summed E-state index contributed by atoms with van der Waals surface area (Å²) in [5.74, 6) is 0. The van der Waals surface area contributed by atoms with Crippen LogP contribution < -0.4 is 4.72 Å². The van der Waals surface area contributed by atoms with Crippen LogP contribution in [0.5, 0.6) is 0 Å². The van der Waals surface area contributed by atoms with Crippen molar-refractivity contribution in [2.24, 2.45) is 0 Å². The number of rotatable bonds is 6. The first-order valence-corrected chi connectivity index (χ1v) is 7.68. The molecule has 2 N–H and O–H groups in total. The Hall–Kier alpha value is -1.66. The molecular weight excluding hydrogens is 262 g/mol. The molecule has 102 valence electrons. The maximum atomic E-state index is 12.2. The van der Waals surface area contributed by atoms with Crippen molar-refractivity contribution in [1.29, 1.82) is 0 Å². The fraction of sp³-hybridized carbons (Fsp3) is 0.308. The summed E-state index contributed by atoms with van der Waals surface area (Å²) in [6.07, 6.45) is 3.06. The van der Waals surface area contributed by atoms with Crippen LogP contribution in [0.25, 0.3) is 0 Å². The predicted molar refractivity (Wildman–Crippen MR) is 73.0 cm³/mol. The maximum Gasteiger partial charge on any atom is 0.258 e. The Labute approximate surface area is 113 Å². The van der Waals surface area contributed by atoms with Crippen molar-refractivity contribution in [2.45, 2.75) is 30.8 Å². The standard InChI is InChI=1S/C13H17N3O2S/c1-2-6-12(11-7-4-3-5-8-11)16-19(17,18)13-9-10-14-15-13/h3-5,7-10,12,16H,2,6H2,1H3,(H,14,15). The largest absolute Gasteiger partial charge is 0.266 e. The van der Waals surface area contributed by atoms with E-state index >= 15 is 0 Å². The van der Waals surface area contributed by atoms with E-state index < -0.39 is 10.0 Å². The first kappa shape index (κ1) is 13.8. The van der Waals surface area contributed by atoms with Crippen LogP contribution in [-0.4, -0.2) is 18.6 Å². The van der Waals surface area contributed by atoms with Crippen LogP contribution in [-0.2, 0) is 10.0 Å². The molecule has 0 fully saturated rings. The van der Waals surface area contributed by atoms with Crippen molar-refractivity contribution < 1.29 is 8.42 Å². The lowest BCUT2D eigenvalue weighted by Gasteiger charge is -2.17. The summed E-state index contributed by atoms with van der Waals surface area (Å²) in [4.78, 5) is 0. The van der Waals surface area contributed by atoms with Crippen molar-refractivity contribution in [3.05, 3.63) is 48.2 Å². The molecule has 0 spiro atoms. The monoisotopic (exact) mass is 279 g/mol. The SMILES string of the molecule is CCCC(NS(=O)(=O)c1ccn[nH]1)c1ccccc1. The van der Waals surface area contributed by atoms with Crippen LogP contribution in [0.4, 0.5) is 0 Å². The van der Waals surface area contributed by atoms with Gasteiger partial charge in [0.25, 0.3) is 10.0 Å². The zero-order valence-corrected chi connectivity index (χ0v) is 11.5. The van der Waals surface area contributed by atoms with Crippen molar-refractivity contribution in [1.82, 2.24) is 14.9 Å². The van der Waals surface area contributed by atoms with Gasteiger partial charge in [-0.05, 0) is 18.1 Å². The molecule has 1 aromatic heterocycles. The van der Waals surface area contributed by atoms with Gasteiger partial charge in [-0.2, -0.15) is 5.10 Å². The number of nitrogens with zero attached hydrogens (tertiary/aromatic N) is 1. The number of sulfonamides is 1. The van der Waals surface area contributed by atoms with Crippen LogP contribution in [0.1, 0.15) is 31.4 Å². The van der Waals surface area contributed by atoms with E-state index in [4.69, 9.17) is 0 Å². The van der Waals surface area contributed by atoms with Crippen molar-refractivity contribution in [3.8, 4) is 0 Å². The zero-order chi connectivity index (χ0) is 13.7. The fourth-order valence-electron chi connectivity index (χ4n) is 1.91. The average Bonchev–Trinajstić information content (AvgIpc) is 2.94. The molecule has 1 aromatic carbocycles. The first-order valence-electron chi connectivity index (χ1n) is 6.20. The number of aromatic amines is 1. The van der Waals surface area contributed by atoms with Gasteiger partial charge in [-0.15, -0.1) is 0 Å². The Bertz CT molecular complexity index is 594.